The normalized spacial score (nSPS) is 18.6. The predicted molar refractivity (Wildman–Crippen MR) is 88.1 cm³/mol. The van der Waals surface area contributed by atoms with Crippen molar-refractivity contribution >= 4 is 34.3 Å². The Kier molecular flexibility index (Phi) is 5.98. The Morgan fingerprint density at radius 2 is 2.38 bits per heavy atom. The van der Waals surface area contributed by atoms with Crippen molar-refractivity contribution in [2.45, 2.75) is 37.9 Å². The van der Waals surface area contributed by atoms with Crippen molar-refractivity contribution < 1.29 is 4.79 Å². The van der Waals surface area contributed by atoms with E-state index >= 15 is 0 Å². The van der Waals surface area contributed by atoms with Gasteiger partial charge in [0.25, 0.3) is 0 Å². The number of thioether (sulfide) groups is 1. The Morgan fingerprint density at radius 3 is 3.10 bits per heavy atom. The van der Waals surface area contributed by atoms with Gasteiger partial charge in [-0.05, 0) is 20.3 Å². The first-order chi connectivity index (χ1) is 10.0. The smallest absolute Gasteiger partial charge is 0.240 e. The van der Waals surface area contributed by atoms with Crippen LogP contribution >= 0.6 is 23.3 Å². The summed E-state index contributed by atoms with van der Waals surface area (Å²) in [7, 11) is 0. The van der Waals surface area contributed by atoms with Crippen molar-refractivity contribution in [2.24, 2.45) is 0 Å². The lowest BCUT2D eigenvalue weighted by Gasteiger charge is -2.42. The number of carbonyl (C=O) groups excluding carboxylic acids is 1. The van der Waals surface area contributed by atoms with Crippen molar-refractivity contribution in [1.29, 1.82) is 0 Å². The standard InChI is InChI=1S/C13H23N5OS2/c1-4-7-20-12-16-11(21-17-12)15-10(19)8-18-6-5-14-9-13(18,2)3/h14H,4-9H2,1-3H3,(H,15,16,17,19). The van der Waals surface area contributed by atoms with Gasteiger partial charge in [0.1, 0.15) is 0 Å². The summed E-state index contributed by atoms with van der Waals surface area (Å²) in [5.74, 6) is 0.979. The van der Waals surface area contributed by atoms with E-state index in [0.29, 0.717) is 11.7 Å². The minimum atomic E-state index is -0.0202. The summed E-state index contributed by atoms with van der Waals surface area (Å²) in [4.78, 5) is 18.7. The Hall–Kier alpha value is -0.700. The lowest BCUT2D eigenvalue weighted by molar-refractivity contribution is -0.119. The van der Waals surface area contributed by atoms with E-state index in [1.54, 1.807) is 11.8 Å². The van der Waals surface area contributed by atoms with Crippen molar-refractivity contribution in [1.82, 2.24) is 19.6 Å². The summed E-state index contributed by atoms with van der Waals surface area (Å²) in [6, 6.07) is 0. The summed E-state index contributed by atoms with van der Waals surface area (Å²) in [5.41, 5.74) is -0.00113. The quantitative estimate of drug-likeness (QED) is 0.774. The van der Waals surface area contributed by atoms with Crippen molar-refractivity contribution in [2.75, 3.05) is 37.2 Å². The fourth-order valence-electron chi connectivity index (χ4n) is 2.16. The second-order valence-electron chi connectivity index (χ2n) is 5.69. The molecule has 0 saturated carbocycles. The highest BCUT2D eigenvalue weighted by Gasteiger charge is 2.30. The van der Waals surface area contributed by atoms with Crippen LogP contribution in [0.15, 0.2) is 5.16 Å². The predicted octanol–water partition coefficient (Wildman–Crippen LogP) is 1.66. The van der Waals surface area contributed by atoms with Gasteiger partial charge in [-0.3, -0.25) is 15.0 Å². The molecule has 1 aromatic rings. The highest BCUT2D eigenvalue weighted by Crippen LogP contribution is 2.21. The molecule has 2 heterocycles. The van der Waals surface area contributed by atoms with Gasteiger partial charge in [-0.25, -0.2) is 0 Å². The molecule has 2 rings (SSSR count). The van der Waals surface area contributed by atoms with Gasteiger partial charge in [-0.15, -0.1) is 0 Å². The van der Waals surface area contributed by atoms with E-state index in [-0.39, 0.29) is 11.4 Å². The first-order valence-corrected chi connectivity index (χ1v) is 8.99. The zero-order valence-corrected chi connectivity index (χ0v) is 14.4. The molecule has 118 valence electrons. The summed E-state index contributed by atoms with van der Waals surface area (Å²) in [5, 5.41) is 7.55. The third kappa shape index (κ3) is 4.91. The zero-order chi connectivity index (χ0) is 15.3. The fourth-order valence-corrected chi connectivity index (χ4v) is 3.58. The molecule has 0 radical (unpaired) electrons. The van der Waals surface area contributed by atoms with E-state index in [2.05, 4.69) is 45.7 Å². The van der Waals surface area contributed by atoms with E-state index in [9.17, 15) is 4.79 Å². The van der Waals surface area contributed by atoms with Gasteiger partial charge < -0.3 is 5.32 Å². The number of rotatable bonds is 6. The van der Waals surface area contributed by atoms with E-state index in [0.717, 1.165) is 37.0 Å². The number of nitrogens with one attached hydrogen (secondary N) is 2. The average molecular weight is 329 g/mol. The van der Waals surface area contributed by atoms with Crippen LogP contribution in [0.25, 0.3) is 0 Å². The van der Waals surface area contributed by atoms with Crippen LogP contribution in [0.4, 0.5) is 5.13 Å². The fraction of sp³-hybridized carbons (Fsp3) is 0.769. The number of hydrogen-bond donors (Lipinski definition) is 2. The minimum Gasteiger partial charge on any atom is -0.314 e. The van der Waals surface area contributed by atoms with Crippen LogP contribution in [0.1, 0.15) is 27.2 Å². The van der Waals surface area contributed by atoms with Crippen LogP contribution in [0.2, 0.25) is 0 Å². The van der Waals surface area contributed by atoms with Gasteiger partial charge in [0.2, 0.25) is 16.2 Å². The van der Waals surface area contributed by atoms with Gasteiger partial charge in [0.15, 0.2) is 0 Å². The second kappa shape index (κ2) is 7.53. The van der Waals surface area contributed by atoms with Gasteiger partial charge >= 0.3 is 0 Å². The Morgan fingerprint density at radius 1 is 1.57 bits per heavy atom. The molecular weight excluding hydrogens is 306 g/mol. The number of hydrogen-bond acceptors (Lipinski definition) is 7. The number of carbonyl (C=O) groups is 1. The zero-order valence-electron chi connectivity index (χ0n) is 12.8. The molecule has 21 heavy (non-hydrogen) atoms. The number of anilines is 1. The molecule has 1 fully saturated rings. The molecule has 1 amide bonds. The molecule has 0 unspecified atom stereocenters. The third-order valence-corrected chi connectivity index (χ3v) is 5.19. The molecular formula is C13H23N5OS2. The summed E-state index contributed by atoms with van der Waals surface area (Å²) >= 11 is 2.87. The molecule has 2 N–H and O–H groups in total. The summed E-state index contributed by atoms with van der Waals surface area (Å²) in [6.07, 6.45) is 1.09. The van der Waals surface area contributed by atoms with Crippen molar-refractivity contribution in [3.05, 3.63) is 0 Å². The average Bonchev–Trinajstić information content (AvgIpc) is 2.86. The van der Waals surface area contributed by atoms with Crippen LogP contribution in [0.5, 0.6) is 0 Å². The highest BCUT2D eigenvalue weighted by molar-refractivity contribution is 7.99. The summed E-state index contributed by atoms with van der Waals surface area (Å²) in [6.45, 7) is 9.52. The van der Waals surface area contributed by atoms with Crippen LogP contribution in [-0.2, 0) is 4.79 Å². The molecule has 1 saturated heterocycles. The van der Waals surface area contributed by atoms with E-state index in [1.165, 1.54) is 11.5 Å². The largest absolute Gasteiger partial charge is 0.314 e. The maximum absolute atomic E-state index is 12.2. The molecule has 0 aliphatic carbocycles. The molecule has 0 atom stereocenters. The maximum atomic E-state index is 12.2. The monoisotopic (exact) mass is 329 g/mol. The van der Waals surface area contributed by atoms with Crippen LogP contribution in [-0.4, -0.2) is 57.6 Å². The topological polar surface area (TPSA) is 70.2 Å². The van der Waals surface area contributed by atoms with Gasteiger partial charge in [-0.1, -0.05) is 18.7 Å². The molecule has 0 bridgehead atoms. The van der Waals surface area contributed by atoms with Crippen LogP contribution in [0.3, 0.4) is 0 Å². The maximum Gasteiger partial charge on any atom is 0.240 e. The Labute approximate surface area is 134 Å². The molecule has 6 nitrogen and oxygen atoms in total. The lowest BCUT2D eigenvalue weighted by atomic mass is 10.0. The third-order valence-electron chi connectivity index (χ3n) is 3.40. The molecule has 1 aliphatic heterocycles. The lowest BCUT2D eigenvalue weighted by Crippen LogP contribution is -2.59. The van der Waals surface area contributed by atoms with Crippen LogP contribution in [0, 0.1) is 0 Å². The first kappa shape index (κ1) is 16.7. The van der Waals surface area contributed by atoms with Crippen molar-refractivity contribution in [3.63, 3.8) is 0 Å². The number of piperazine rings is 1. The molecule has 1 aliphatic rings. The number of amides is 1. The van der Waals surface area contributed by atoms with Gasteiger partial charge in [0, 0.05) is 42.5 Å². The molecule has 0 aromatic carbocycles. The molecule has 0 spiro atoms. The van der Waals surface area contributed by atoms with Crippen molar-refractivity contribution in [3.8, 4) is 0 Å². The Bertz CT molecular complexity index is 477. The summed E-state index contributed by atoms with van der Waals surface area (Å²) < 4.78 is 4.24. The SMILES string of the molecule is CCCSc1nsc(NC(=O)CN2CCNCC2(C)C)n1. The first-order valence-electron chi connectivity index (χ1n) is 7.23. The number of nitrogens with zero attached hydrogens (tertiary/aromatic N) is 3. The second-order valence-corrected chi connectivity index (χ2v) is 7.50. The molecule has 1 aromatic heterocycles. The number of aromatic nitrogens is 2. The van der Waals surface area contributed by atoms with Gasteiger partial charge in [0.05, 0.1) is 6.54 Å². The van der Waals surface area contributed by atoms with E-state index in [4.69, 9.17) is 0 Å². The van der Waals surface area contributed by atoms with E-state index < -0.39 is 0 Å². The van der Waals surface area contributed by atoms with Crippen LogP contribution < -0.4 is 10.6 Å². The van der Waals surface area contributed by atoms with E-state index in [1.807, 2.05) is 0 Å². The molecule has 8 heteroatoms. The van der Waals surface area contributed by atoms with Gasteiger partial charge in [-0.2, -0.15) is 9.36 Å². The highest BCUT2D eigenvalue weighted by atomic mass is 32.2. The minimum absolute atomic E-state index is 0.00113. The Balaban J connectivity index is 1.85.